The predicted molar refractivity (Wildman–Crippen MR) is 113 cm³/mol. The first-order chi connectivity index (χ1) is 15.3. The van der Waals surface area contributed by atoms with Gasteiger partial charge >= 0.3 is 0 Å². The summed E-state index contributed by atoms with van der Waals surface area (Å²) < 4.78 is 32.7. The van der Waals surface area contributed by atoms with E-state index in [1.165, 1.54) is 6.08 Å². The summed E-state index contributed by atoms with van der Waals surface area (Å²) in [4.78, 5) is 13.4. The smallest absolute Gasteiger partial charge is 0.224 e. The molecule has 8 heteroatoms. The lowest BCUT2D eigenvalue weighted by Gasteiger charge is -2.23. The van der Waals surface area contributed by atoms with Crippen molar-refractivity contribution in [2.45, 2.75) is 24.5 Å². The molecule has 3 N–H and O–H groups in total. The number of amides is 1. The number of hydrogen-bond donors (Lipinski definition) is 3. The number of carbonyl (C=O) groups excluding carboxylic acids is 1. The molecular formula is C24H22F2N2O4. The molecule has 2 aliphatic heterocycles. The number of allylic oxidation sites excluding steroid dienone is 1. The Morgan fingerprint density at radius 1 is 1.19 bits per heavy atom. The minimum Gasteiger partial charge on any atom is -0.454 e. The summed E-state index contributed by atoms with van der Waals surface area (Å²) in [5.41, 5.74) is 1.91. The van der Waals surface area contributed by atoms with Crippen molar-refractivity contribution in [3.8, 4) is 5.75 Å². The van der Waals surface area contributed by atoms with Gasteiger partial charge in [0.15, 0.2) is 11.6 Å². The standard InChI is InChI=1S/C24H22F2N2O4/c25-17-3-4-19(26)22(9-17)32-18-8-16-11-28(13-24(16,31)10-18)12-21(29)15-1-5-20-14(7-15)2-6-23(30)27-20/h1,3-5,7-10,21,29,31H,2,6,11-13H2,(H,27,30)/t21-,24-/m1/s1. The largest absolute Gasteiger partial charge is 0.454 e. The highest BCUT2D eigenvalue weighted by Crippen LogP contribution is 2.37. The molecule has 2 aromatic carbocycles. The number of halogens is 2. The number of nitrogens with one attached hydrogen (secondary N) is 1. The van der Waals surface area contributed by atoms with Gasteiger partial charge in [0.25, 0.3) is 0 Å². The Morgan fingerprint density at radius 3 is 2.84 bits per heavy atom. The number of hydrogen-bond acceptors (Lipinski definition) is 5. The molecule has 0 aromatic heterocycles. The van der Waals surface area contributed by atoms with Gasteiger partial charge in [0.1, 0.15) is 17.2 Å². The molecule has 0 radical (unpaired) electrons. The summed E-state index contributed by atoms with van der Waals surface area (Å²) in [5, 5.41) is 24.5. The Kier molecular flexibility index (Phi) is 5.08. The normalized spacial score (nSPS) is 23.2. The molecule has 2 heterocycles. The minimum absolute atomic E-state index is 0.00698. The number of aliphatic hydroxyl groups is 2. The molecule has 0 bridgehead atoms. The maximum atomic E-state index is 13.8. The number of likely N-dealkylation sites (tertiary alicyclic amines) is 1. The van der Waals surface area contributed by atoms with Crippen LogP contribution in [0, 0.1) is 11.6 Å². The fourth-order valence-corrected chi connectivity index (χ4v) is 4.46. The van der Waals surface area contributed by atoms with Crippen LogP contribution in [0.5, 0.6) is 5.75 Å². The second-order valence-electron chi connectivity index (χ2n) is 8.47. The topological polar surface area (TPSA) is 82.0 Å². The Morgan fingerprint density at radius 2 is 2.03 bits per heavy atom. The van der Waals surface area contributed by atoms with E-state index in [0.29, 0.717) is 31.5 Å². The van der Waals surface area contributed by atoms with Crippen LogP contribution in [0.4, 0.5) is 14.5 Å². The van der Waals surface area contributed by atoms with Crippen LogP contribution in [-0.2, 0) is 11.2 Å². The number of fused-ring (bicyclic) bond motifs is 2. The van der Waals surface area contributed by atoms with Crippen molar-refractivity contribution < 1.29 is 28.5 Å². The van der Waals surface area contributed by atoms with E-state index in [-0.39, 0.29) is 24.0 Å². The number of aliphatic hydroxyl groups excluding tert-OH is 1. The zero-order valence-corrected chi connectivity index (χ0v) is 17.1. The van der Waals surface area contributed by atoms with Crippen molar-refractivity contribution in [1.82, 2.24) is 4.90 Å². The molecule has 0 unspecified atom stereocenters. The summed E-state index contributed by atoms with van der Waals surface area (Å²) in [5.74, 6) is -1.30. The molecule has 1 aliphatic carbocycles. The van der Waals surface area contributed by atoms with E-state index in [1.54, 1.807) is 18.2 Å². The lowest BCUT2D eigenvalue weighted by atomic mass is 9.98. The SMILES string of the molecule is O=C1CCc2cc([C@H](O)CN3CC4=CC(Oc5cc(F)ccc5F)=C[C@@]4(O)C3)ccc2N1. The highest BCUT2D eigenvalue weighted by molar-refractivity contribution is 5.93. The number of nitrogens with zero attached hydrogens (tertiary/aromatic N) is 1. The van der Waals surface area contributed by atoms with Gasteiger partial charge in [0.2, 0.25) is 5.91 Å². The summed E-state index contributed by atoms with van der Waals surface area (Å²) in [7, 11) is 0. The van der Waals surface area contributed by atoms with Gasteiger partial charge in [0, 0.05) is 37.8 Å². The quantitative estimate of drug-likeness (QED) is 0.666. The zero-order valence-electron chi connectivity index (χ0n) is 17.1. The van der Waals surface area contributed by atoms with Crippen LogP contribution >= 0.6 is 0 Å². The van der Waals surface area contributed by atoms with Crippen LogP contribution in [0.25, 0.3) is 0 Å². The molecule has 3 aliphatic rings. The van der Waals surface area contributed by atoms with Gasteiger partial charge < -0.3 is 20.3 Å². The third-order valence-corrected chi connectivity index (χ3v) is 6.07. The van der Waals surface area contributed by atoms with E-state index in [2.05, 4.69) is 5.32 Å². The van der Waals surface area contributed by atoms with Crippen LogP contribution < -0.4 is 10.1 Å². The predicted octanol–water partition coefficient (Wildman–Crippen LogP) is 2.83. The third-order valence-electron chi connectivity index (χ3n) is 6.07. The molecule has 6 nitrogen and oxygen atoms in total. The van der Waals surface area contributed by atoms with Crippen molar-refractivity contribution in [2.24, 2.45) is 0 Å². The lowest BCUT2D eigenvalue weighted by molar-refractivity contribution is -0.116. The minimum atomic E-state index is -1.28. The van der Waals surface area contributed by atoms with E-state index >= 15 is 0 Å². The third kappa shape index (κ3) is 3.92. The van der Waals surface area contributed by atoms with Crippen molar-refractivity contribution in [2.75, 3.05) is 25.0 Å². The second kappa shape index (κ2) is 7.81. The molecule has 166 valence electrons. The van der Waals surface area contributed by atoms with Crippen molar-refractivity contribution in [3.05, 3.63) is 82.6 Å². The van der Waals surface area contributed by atoms with Crippen LogP contribution in [0.3, 0.4) is 0 Å². The van der Waals surface area contributed by atoms with E-state index in [4.69, 9.17) is 4.74 Å². The summed E-state index contributed by atoms with van der Waals surface area (Å²) >= 11 is 0. The molecule has 2 atom stereocenters. The molecule has 1 amide bonds. The maximum absolute atomic E-state index is 13.8. The Bertz CT molecular complexity index is 1160. The van der Waals surface area contributed by atoms with Gasteiger partial charge in [-0.25, -0.2) is 8.78 Å². The number of benzene rings is 2. The van der Waals surface area contributed by atoms with Crippen LogP contribution in [0.1, 0.15) is 23.7 Å². The summed E-state index contributed by atoms with van der Waals surface area (Å²) in [6.07, 6.45) is 3.41. The highest BCUT2D eigenvalue weighted by atomic mass is 19.1. The maximum Gasteiger partial charge on any atom is 0.224 e. The van der Waals surface area contributed by atoms with E-state index < -0.39 is 23.3 Å². The number of aryl methyl sites for hydroxylation is 1. The Balaban J connectivity index is 1.24. The lowest BCUT2D eigenvalue weighted by Crippen LogP contribution is -2.33. The summed E-state index contributed by atoms with van der Waals surface area (Å²) in [6, 6.07) is 8.45. The summed E-state index contributed by atoms with van der Waals surface area (Å²) in [6.45, 7) is 0.965. The number of anilines is 1. The molecule has 1 fully saturated rings. The number of rotatable bonds is 5. The van der Waals surface area contributed by atoms with Gasteiger partial charge in [-0.15, -0.1) is 0 Å². The van der Waals surface area contributed by atoms with E-state index in [1.807, 2.05) is 11.0 Å². The first-order valence-corrected chi connectivity index (χ1v) is 10.4. The fourth-order valence-electron chi connectivity index (χ4n) is 4.46. The van der Waals surface area contributed by atoms with Gasteiger partial charge in [-0.3, -0.25) is 9.69 Å². The highest BCUT2D eigenvalue weighted by Gasteiger charge is 2.43. The molecule has 32 heavy (non-hydrogen) atoms. The van der Waals surface area contributed by atoms with Gasteiger partial charge in [0.05, 0.1) is 6.10 Å². The van der Waals surface area contributed by atoms with Crippen molar-refractivity contribution >= 4 is 11.6 Å². The first-order valence-electron chi connectivity index (χ1n) is 10.4. The average molecular weight is 440 g/mol. The number of β-amino-alcohol motifs (C(OH)–C–C–N with tert-alkyl or cyclic N) is 2. The number of ether oxygens (including phenoxy) is 1. The molecule has 2 aromatic rings. The first kappa shape index (κ1) is 20.8. The fraction of sp³-hybridized carbons (Fsp3) is 0.292. The monoisotopic (exact) mass is 440 g/mol. The zero-order chi connectivity index (χ0) is 22.5. The molecular weight excluding hydrogens is 418 g/mol. The van der Waals surface area contributed by atoms with Gasteiger partial charge in [-0.1, -0.05) is 12.1 Å². The van der Waals surface area contributed by atoms with Crippen molar-refractivity contribution in [1.29, 1.82) is 0 Å². The molecule has 5 rings (SSSR count). The van der Waals surface area contributed by atoms with Crippen LogP contribution in [0.2, 0.25) is 0 Å². The Labute approximate surface area is 183 Å². The molecule has 0 spiro atoms. The second-order valence-corrected chi connectivity index (χ2v) is 8.47. The van der Waals surface area contributed by atoms with Gasteiger partial charge in [-0.05, 0) is 53.5 Å². The Hall–Kier alpha value is -3.07. The molecule has 0 saturated carbocycles. The number of carbonyl (C=O) groups is 1. The van der Waals surface area contributed by atoms with E-state index in [9.17, 15) is 23.8 Å². The van der Waals surface area contributed by atoms with Gasteiger partial charge in [-0.2, -0.15) is 0 Å². The van der Waals surface area contributed by atoms with E-state index in [0.717, 1.165) is 35.0 Å². The van der Waals surface area contributed by atoms with Crippen LogP contribution in [0.15, 0.2) is 59.9 Å². The average Bonchev–Trinajstić information content (AvgIpc) is 3.20. The van der Waals surface area contributed by atoms with Crippen LogP contribution in [-0.4, -0.2) is 46.3 Å². The van der Waals surface area contributed by atoms with Crippen molar-refractivity contribution in [3.63, 3.8) is 0 Å². The molecule has 1 saturated heterocycles.